The van der Waals surface area contributed by atoms with Gasteiger partial charge in [0.25, 0.3) is 0 Å². The molecule has 1 atom stereocenters. The summed E-state index contributed by atoms with van der Waals surface area (Å²) < 4.78 is 5.28. The molecule has 0 amide bonds. The van der Waals surface area contributed by atoms with Gasteiger partial charge in [-0.05, 0) is 36.0 Å². The number of nitrogens with two attached hydrogens (primary N) is 1. The molecule has 0 bridgehead atoms. The Labute approximate surface area is 114 Å². The molecule has 3 N–H and O–H groups in total. The van der Waals surface area contributed by atoms with E-state index in [1.807, 2.05) is 18.2 Å². The second kappa shape index (κ2) is 5.47. The Morgan fingerprint density at radius 3 is 2.61 bits per heavy atom. The highest BCUT2D eigenvalue weighted by Gasteiger charge is 2.37. The largest absolute Gasteiger partial charge is 0.495 e. The number of hydrazine groups is 1. The molecule has 0 heterocycles. The molecule has 0 saturated heterocycles. The Bertz CT molecular complexity index is 416. The van der Waals surface area contributed by atoms with Crippen LogP contribution in [0.4, 0.5) is 0 Å². The molecule has 4 heteroatoms. The molecular formula is C14H21ClN2O. The van der Waals surface area contributed by atoms with Gasteiger partial charge in [-0.3, -0.25) is 11.3 Å². The van der Waals surface area contributed by atoms with E-state index >= 15 is 0 Å². The molecule has 1 aliphatic carbocycles. The van der Waals surface area contributed by atoms with Gasteiger partial charge in [0.1, 0.15) is 5.75 Å². The van der Waals surface area contributed by atoms with Gasteiger partial charge in [-0.25, -0.2) is 0 Å². The van der Waals surface area contributed by atoms with Crippen molar-refractivity contribution in [2.24, 2.45) is 11.3 Å². The molecule has 18 heavy (non-hydrogen) atoms. The van der Waals surface area contributed by atoms with Crippen LogP contribution in [0.15, 0.2) is 18.2 Å². The minimum Gasteiger partial charge on any atom is -0.495 e. The fourth-order valence-corrected chi connectivity index (χ4v) is 3.22. The molecule has 2 rings (SSSR count). The number of benzene rings is 1. The van der Waals surface area contributed by atoms with Crippen molar-refractivity contribution in [3.8, 4) is 5.75 Å². The first kappa shape index (κ1) is 13.7. The molecular weight excluding hydrogens is 248 g/mol. The molecule has 0 aliphatic heterocycles. The maximum atomic E-state index is 6.06. The zero-order valence-corrected chi connectivity index (χ0v) is 11.8. The van der Waals surface area contributed by atoms with Crippen LogP contribution in [-0.2, 0) is 0 Å². The smallest absolute Gasteiger partial charge is 0.137 e. The maximum absolute atomic E-state index is 6.06. The van der Waals surface area contributed by atoms with E-state index in [2.05, 4.69) is 12.3 Å². The van der Waals surface area contributed by atoms with Crippen molar-refractivity contribution < 1.29 is 4.74 Å². The predicted molar refractivity (Wildman–Crippen MR) is 74.6 cm³/mol. The van der Waals surface area contributed by atoms with Crippen molar-refractivity contribution in [1.29, 1.82) is 0 Å². The first-order chi connectivity index (χ1) is 8.60. The van der Waals surface area contributed by atoms with Gasteiger partial charge in [0.2, 0.25) is 0 Å². The van der Waals surface area contributed by atoms with E-state index < -0.39 is 0 Å². The van der Waals surface area contributed by atoms with Crippen LogP contribution in [0.5, 0.6) is 5.75 Å². The molecule has 1 aromatic carbocycles. The van der Waals surface area contributed by atoms with Gasteiger partial charge < -0.3 is 4.74 Å². The van der Waals surface area contributed by atoms with Crippen LogP contribution in [0.1, 0.15) is 44.2 Å². The van der Waals surface area contributed by atoms with E-state index in [0.717, 1.165) is 5.56 Å². The van der Waals surface area contributed by atoms with Crippen molar-refractivity contribution in [3.05, 3.63) is 28.8 Å². The third-order valence-electron chi connectivity index (χ3n) is 4.12. The molecule has 1 saturated carbocycles. The number of nitrogens with one attached hydrogen (secondary N) is 1. The average Bonchev–Trinajstić information content (AvgIpc) is 2.80. The summed E-state index contributed by atoms with van der Waals surface area (Å²) >= 11 is 6.06. The number of ether oxygens (including phenoxy) is 1. The van der Waals surface area contributed by atoms with E-state index in [0.29, 0.717) is 10.8 Å². The Hall–Kier alpha value is -0.770. The minimum absolute atomic E-state index is 0.145. The van der Waals surface area contributed by atoms with Gasteiger partial charge >= 0.3 is 0 Å². The van der Waals surface area contributed by atoms with Crippen LogP contribution in [0.3, 0.4) is 0 Å². The summed E-state index contributed by atoms with van der Waals surface area (Å²) in [6.45, 7) is 2.30. The first-order valence-corrected chi connectivity index (χ1v) is 6.78. The molecule has 100 valence electrons. The van der Waals surface area contributed by atoms with E-state index in [1.165, 1.54) is 25.7 Å². The Morgan fingerprint density at radius 2 is 2.06 bits per heavy atom. The van der Waals surface area contributed by atoms with E-state index in [4.69, 9.17) is 22.2 Å². The van der Waals surface area contributed by atoms with Gasteiger partial charge in [0.15, 0.2) is 0 Å². The summed E-state index contributed by atoms with van der Waals surface area (Å²) in [6, 6.07) is 6.03. The topological polar surface area (TPSA) is 47.3 Å². The summed E-state index contributed by atoms with van der Waals surface area (Å²) in [5, 5.41) is 0.633. The molecule has 3 nitrogen and oxygen atoms in total. The van der Waals surface area contributed by atoms with Gasteiger partial charge in [-0.15, -0.1) is 0 Å². The molecule has 1 fully saturated rings. The quantitative estimate of drug-likeness (QED) is 0.650. The highest BCUT2D eigenvalue weighted by molar-refractivity contribution is 6.32. The lowest BCUT2D eigenvalue weighted by molar-refractivity contribution is 0.224. The average molecular weight is 269 g/mol. The Balaban J connectivity index is 2.32. The van der Waals surface area contributed by atoms with Crippen LogP contribution in [-0.4, -0.2) is 7.11 Å². The number of methoxy groups -OCH3 is 1. The van der Waals surface area contributed by atoms with Crippen LogP contribution in [0, 0.1) is 5.41 Å². The van der Waals surface area contributed by atoms with E-state index in [9.17, 15) is 0 Å². The van der Waals surface area contributed by atoms with Crippen molar-refractivity contribution in [2.45, 2.75) is 38.6 Å². The molecule has 1 aromatic rings. The fourth-order valence-electron chi connectivity index (χ4n) is 3.03. The predicted octanol–water partition coefficient (Wildman–Crippen LogP) is 3.43. The molecule has 0 spiro atoms. The summed E-state index contributed by atoms with van der Waals surface area (Å²) in [6.07, 6.45) is 4.96. The standard InChI is InChI=1S/C14H21ClN2O/c1-14(7-3-4-8-14)13(17-16)10-5-6-11(15)12(9-10)18-2/h5-6,9,13,17H,3-4,7-8,16H2,1-2H3. The normalized spacial score (nSPS) is 19.8. The SMILES string of the molecule is COc1cc(C(NN)C2(C)CCCC2)ccc1Cl. The first-order valence-electron chi connectivity index (χ1n) is 6.40. The van der Waals surface area contributed by atoms with Crippen LogP contribution in [0.25, 0.3) is 0 Å². The Morgan fingerprint density at radius 1 is 1.39 bits per heavy atom. The monoisotopic (exact) mass is 268 g/mol. The van der Waals surface area contributed by atoms with E-state index in [1.54, 1.807) is 7.11 Å². The van der Waals surface area contributed by atoms with Gasteiger partial charge in [0, 0.05) is 0 Å². The number of halogens is 1. The second-order valence-corrected chi connectivity index (χ2v) is 5.76. The number of hydrogen-bond donors (Lipinski definition) is 2. The van der Waals surface area contributed by atoms with Crippen molar-refractivity contribution in [3.63, 3.8) is 0 Å². The highest BCUT2D eigenvalue weighted by Crippen LogP contribution is 2.47. The van der Waals surface area contributed by atoms with Crippen LogP contribution >= 0.6 is 11.6 Å². The van der Waals surface area contributed by atoms with Crippen molar-refractivity contribution >= 4 is 11.6 Å². The van der Waals surface area contributed by atoms with Gasteiger partial charge in [0.05, 0.1) is 18.2 Å². The summed E-state index contributed by atoms with van der Waals surface area (Å²) in [4.78, 5) is 0. The third kappa shape index (κ3) is 2.48. The lowest BCUT2D eigenvalue weighted by Crippen LogP contribution is -2.38. The van der Waals surface area contributed by atoms with Crippen molar-refractivity contribution in [1.82, 2.24) is 5.43 Å². The molecule has 1 aliphatic rings. The zero-order chi connectivity index (χ0) is 13.2. The van der Waals surface area contributed by atoms with Crippen LogP contribution in [0.2, 0.25) is 5.02 Å². The second-order valence-electron chi connectivity index (χ2n) is 5.35. The third-order valence-corrected chi connectivity index (χ3v) is 4.43. The lowest BCUT2D eigenvalue weighted by Gasteiger charge is -2.34. The minimum atomic E-state index is 0.145. The number of hydrogen-bond acceptors (Lipinski definition) is 3. The maximum Gasteiger partial charge on any atom is 0.137 e. The lowest BCUT2D eigenvalue weighted by atomic mass is 9.77. The van der Waals surface area contributed by atoms with Crippen molar-refractivity contribution in [2.75, 3.05) is 7.11 Å². The van der Waals surface area contributed by atoms with Crippen LogP contribution < -0.4 is 16.0 Å². The number of rotatable bonds is 4. The Kier molecular flexibility index (Phi) is 4.15. The molecule has 0 aromatic heterocycles. The molecule has 0 radical (unpaired) electrons. The van der Waals surface area contributed by atoms with Gasteiger partial charge in [-0.1, -0.05) is 37.4 Å². The summed E-state index contributed by atoms with van der Waals surface area (Å²) in [5.74, 6) is 6.48. The van der Waals surface area contributed by atoms with Gasteiger partial charge in [-0.2, -0.15) is 0 Å². The summed E-state index contributed by atoms with van der Waals surface area (Å²) in [7, 11) is 1.63. The molecule has 1 unspecified atom stereocenters. The fraction of sp³-hybridized carbons (Fsp3) is 0.571. The zero-order valence-electron chi connectivity index (χ0n) is 11.0. The highest BCUT2D eigenvalue weighted by atomic mass is 35.5. The summed E-state index contributed by atoms with van der Waals surface area (Å²) in [5.41, 5.74) is 4.33. The van der Waals surface area contributed by atoms with E-state index in [-0.39, 0.29) is 11.5 Å².